The van der Waals surface area contributed by atoms with E-state index in [1.807, 2.05) is 0 Å². The zero-order valence-electron chi connectivity index (χ0n) is 6.14. The Kier molecular flexibility index (Phi) is 2.04. The molecule has 0 saturated carbocycles. The number of rotatable bonds is 1. The van der Waals surface area contributed by atoms with Crippen molar-refractivity contribution in [3.63, 3.8) is 0 Å². The number of hydrogen-bond acceptors (Lipinski definition) is 5. The maximum atomic E-state index is 10.8. The van der Waals surface area contributed by atoms with Crippen LogP contribution in [0, 0.1) is 0 Å². The van der Waals surface area contributed by atoms with Crippen LogP contribution in [0.2, 0.25) is 0 Å². The molecule has 0 fully saturated rings. The van der Waals surface area contributed by atoms with Gasteiger partial charge in [0, 0.05) is 7.05 Å². The number of carbonyl (C=O) groups is 2. The van der Waals surface area contributed by atoms with Crippen LogP contribution in [0.3, 0.4) is 0 Å². The molecule has 0 aliphatic carbocycles. The lowest BCUT2D eigenvalue weighted by Crippen LogP contribution is -2.40. The van der Waals surface area contributed by atoms with Crippen LogP contribution in [0.15, 0.2) is 6.20 Å². The van der Waals surface area contributed by atoms with Gasteiger partial charge in [0.25, 0.3) is 5.91 Å². The molecular weight excluding hydrogens is 164 g/mol. The minimum Gasteiger partial charge on any atom is -0.530 e. The van der Waals surface area contributed by atoms with Crippen molar-refractivity contribution in [3.8, 4) is 0 Å². The van der Waals surface area contributed by atoms with Gasteiger partial charge in [-0.15, -0.1) is 5.10 Å². The summed E-state index contributed by atoms with van der Waals surface area (Å²) in [5.41, 5.74) is -0.0679. The highest BCUT2D eigenvalue weighted by Crippen LogP contribution is 1.89. The Morgan fingerprint density at radius 3 is 2.75 bits per heavy atom. The predicted octanol–water partition coefficient (Wildman–Crippen LogP) is -2.11. The van der Waals surface area contributed by atoms with E-state index in [0.29, 0.717) is 0 Å². The number of nitrogens with zero attached hydrogens (tertiary/aromatic N) is 3. The first-order valence-corrected chi connectivity index (χ1v) is 2.98. The molecular formula is C5H5N4O3-. The molecule has 0 bridgehead atoms. The number of aryl methyl sites for hydroxylation is 1. The van der Waals surface area contributed by atoms with Crippen LogP contribution in [0.1, 0.15) is 10.5 Å². The van der Waals surface area contributed by atoms with E-state index in [1.54, 1.807) is 7.05 Å². The number of hydrogen-bond donors (Lipinski definition) is 1. The summed E-state index contributed by atoms with van der Waals surface area (Å²) in [4.78, 5) is 20.7. The minimum atomic E-state index is -1.66. The molecule has 12 heavy (non-hydrogen) atoms. The number of carbonyl (C=O) groups excluding carboxylic acids is 2. The first-order valence-electron chi connectivity index (χ1n) is 2.98. The predicted molar refractivity (Wildman–Crippen MR) is 33.9 cm³/mol. The van der Waals surface area contributed by atoms with Crippen molar-refractivity contribution in [1.29, 1.82) is 0 Å². The number of nitrogens with one attached hydrogen (secondary N) is 1. The fourth-order valence-corrected chi connectivity index (χ4v) is 0.608. The third-order valence-corrected chi connectivity index (χ3v) is 1.05. The van der Waals surface area contributed by atoms with E-state index in [0.717, 1.165) is 0 Å². The summed E-state index contributed by atoms with van der Waals surface area (Å²) in [6.07, 6.45) is -0.371. The summed E-state index contributed by atoms with van der Waals surface area (Å²) in [7, 11) is 1.56. The molecule has 0 saturated heterocycles. The zero-order chi connectivity index (χ0) is 9.14. The normalized spacial score (nSPS) is 9.42. The third kappa shape index (κ3) is 1.78. The zero-order valence-corrected chi connectivity index (χ0v) is 6.14. The molecule has 7 heteroatoms. The molecule has 1 aromatic heterocycles. The van der Waals surface area contributed by atoms with Crippen LogP contribution >= 0.6 is 0 Å². The highest BCUT2D eigenvalue weighted by Gasteiger charge is 2.08. The van der Waals surface area contributed by atoms with Crippen molar-refractivity contribution in [2.75, 3.05) is 0 Å². The largest absolute Gasteiger partial charge is 0.530 e. The van der Waals surface area contributed by atoms with Crippen molar-refractivity contribution < 1.29 is 14.7 Å². The van der Waals surface area contributed by atoms with Gasteiger partial charge in [0.1, 0.15) is 6.09 Å². The molecule has 0 aliphatic heterocycles. The Bertz CT molecular complexity index is 318. The number of aromatic nitrogens is 3. The highest BCUT2D eigenvalue weighted by atomic mass is 16.4. The van der Waals surface area contributed by atoms with E-state index in [9.17, 15) is 14.7 Å². The molecule has 0 radical (unpaired) electrons. The number of carboxylic acid groups (broad SMARTS) is 1. The smallest absolute Gasteiger partial charge is 0.278 e. The van der Waals surface area contributed by atoms with Gasteiger partial charge in [-0.3, -0.25) is 9.48 Å². The summed E-state index contributed by atoms with van der Waals surface area (Å²) in [5, 5.41) is 18.2. The van der Waals surface area contributed by atoms with Crippen LogP contribution in [0.5, 0.6) is 0 Å². The van der Waals surface area contributed by atoms with Gasteiger partial charge >= 0.3 is 0 Å². The molecule has 1 aromatic rings. The van der Waals surface area contributed by atoms with Crippen molar-refractivity contribution in [3.05, 3.63) is 11.9 Å². The third-order valence-electron chi connectivity index (χ3n) is 1.05. The summed E-state index contributed by atoms with van der Waals surface area (Å²) < 4.78 is 1.28. The second-order valence-corrected chi connectivity index (χ2v) is 2.02. The SMILES string of the molecule is Cn1cc(C(=O)NC(=O)[O-])nn1. The molecule has 7 nitrogen and oxygen atoms in total. The molecule has 1 N–H and O–H groups in total. The van der Waals surface area contributed by atoms with Crippen LogP contribution in [-0.2, 0) is 7.05 Å². The molecule has 0 aliphatic rings. The summed E-state index contributed by atoms with van der Waals surface area (Å²) in [6.45, 7) is 0. The van der Waals surface area contributed by atoms with E-state index in [1.165, 1.54) is 16.2 Å². The lowest BCUT2D eigenvalue weighted by molar-refractivity contribution is -0.249. The maximum Gasteiger partial charge on any atom is 0.278 e. The van der Waals surface area contributed by atoms with Crippen molar-refractivity contribution in [2.24, 2.45) is 7.05 Å². The van der Waals surface area contributed by atoms with E-state index in [2.05, 4.69) is 10.3 Å². The van der Waals surface area contributed by atoms with Gasteiger partial charge in [-0.05, 0) is 0 Å². The van der Waals surface area contributed by atoms with E-state index < -0.39 is 12.0 Å². The average molecular weight is 169 g/mol. The fraction of sp³-hybridized carbons (Fsp3) is 0.200. The lowest BCUT2D eigenvalue weighted by atomic mass is 10.4. The first-order chi connectivity index (χ1) is 5.59. The summed E-state index contributed by atoms with van der Waals surface area (Å²) >= 11 is 0. The van der Waals surface area contributed by atoms with E-state index in [4.69, 9.17) is 0 Å². The molecule has 2 amide bonds. The second-order valence-electron chi connectivity index (χ2n) is 2.02. The molecule has 0 atom stereocenters. The summed E-state index contributed by atoms with van der Waals surface area (Å²) in [6, 6.07) is 0. The van der Waals surface area contributed by atoms with Gasteiger partial charge < -0.3 is 15.2 Å². The maximum absolute atomic E-state index is 10.8. The Morgan fingerprint density at radius 2 is 2.33 bits per heavy atom. The van der Waals surface area contributed by atoms with Gasteiger partial charge in [0.05, 0.1) is 6.20 Å². The molecule has 0 spiro atoms. The van der Waals surface area contributed by atoms with E-state index >= 15 is 0 Å². The second kappa shape index (κ2) is 2.99. The van der Waals surface area contributed by atoms with E-state index in [-0.39, 0.29) is 5.69 Å². The molecule has 0 unspecified atom stereocenters. The summed E-state index contributed by atoms with van der Waals surface area (Å²) in [5.74, 6) is -0.844. The molecule has 1 heterocycles. The van der Waals surface area contributed by atoms with Crippen molar-refractivity contribution in [1.82, 2.24) is 20.3 Å². The Hall–Kier alpha value is -1.92. The van der Waals surface area contributed by atoms with Crippen molar-refractivity contribution >= 4 is 12.0 Å². The van der Waals surface area contributed by atoms with Crippen molar-refractivity contribution in [2.45, 2.75) is 0 Å². The molecule has 64 valence electrons. The number of amides is 2. The average Bonchev–Trinajstić information content (AvgIpc) is 2.34. The fourth-order valence-electron chi connectivity index (χ4n) is 0.608. The number of imide groups is 1. The van der Waals surface area contributed by atoms with Gasteiger partial charge in [0.2, 0.25) is 0 Å². The lowest BCUT2D eigenvalue weighted by Gasteiger charge is -2.00. The monoisotopic (exact) mass is 169 g/mol. The Morgan fingerprint density at radius 1 is 1.67 bits per heavy atom. The Balaban J connectivity index is 2.72. The minimum absolute atomic E-state index is 0.0679. The molecule has 1 rings (SSSR count). The van der Waals surface area contributed by atoms with Crippen LogP contribution in [0.25, 0.3) is 0 Å². The topological polar surface area (TPSA) is 99.9 Å². The Labute approximate surface area is 67.0 Å². The molecule has 0 aromatic carbocycles. The van der Waals surface area contributed by atoms with Gasteiger partial charge in [-0.1, -0.05) is 5.21 Å². The first kappa shape index (κ1) is 8.18. The van der Waals surface area contributed by atoms with Crippen LogP contribution < -0.4 is 10.4 Å². The van der Waals surface area contributed by atoms with Gasteiger partial charge in [-0.2, -0.15) is 0 Å². The van der Waals surface area contributed by atoms with Crippen LogP contribution in [0.4, 0.5) is 4.79 Å². The van der Waals surface area contributed by atoms with Gasteiger partial charge in [-0.25, -0.2) is 0 Å². The van der Waals surface area contributed by atoms with Gasteiger partial charge in [0.15, 0.2) is 5.69 Å². The standard InChI is InChI=1S/C5H6N4O3/c1-9-2-3(7-8-9)4(10)6-5(11)12/h2H,1H3,(H,6,10)(H,11,12)/p-1. The quantitative estimate of drug-likeness (QED) is 0.518. The van der Waals surface area contributed by atoms with Crippen LogP contribution in [-0.4, -0.2) is 27.0 Å². The highest BCUT2D eigenvalue weighted by molar-refractivity contribution is 6.00.